The number of nitrogens with two attached hydrogens (primary N) is 1. The van der Waals surface area contributed by atoms with Gasteiger partial charge < -0.3 is 10.8 Å². The lowest BCUT2D eigenvalue weighted by atomic mass is 9.60. The standard InChI is InChI=1S/C10H17NO2/c11-6-7-3-8-1-2-10(8,4-7)5-9(12)13/h7-8H,1-6,11H2,(H,12,13)/t7-,8-,10+/m1/s1. The fourth-order valence-corrected chi connectivity index (χ4v) is 3.24. The summed E-state index contributed by atoms with van der Waals surface area (Å²) >= 11 is 0. The highest BCUT2D eigenvalue weighted by molar-refractivity contribution is 5.68. The number of fused-ring (bicyclic) bond motifs is 1. The second-order valence-corrected chi connectivity index (χ2v) is 4.71. The Kier molecular flexibility index (Phi) is 2.06. The van der Waals surface area contributed by atoms with Crippen LogP contribution >= 0.6 is 0 Å². The van der Waals surface area contributed by atoms with Crippen molar-refractivity contribution in [3.05, 3.63) is 0 Å². The summed E-state index contributed by atoms with van der Waals surface area (Å²) in [6.07, 6.45) is 4.93. The van der Waals surface area contributed by atoms with Gasteiger partial charge in [-0.1, -0.05) is 0 Å². The van der Waals surface area contributed by atoms with Gasteiger partial charge in [-0.3, -0.25) is 4.79 Å². The molecule has 0 unspecified atom stereocenters. The maximum atomic E-state index is 10.7. The molecule has 0 amide bonds. The molecule has 0 saturated heterocycles. The number of hydrogen-bond acceptors (Lipinski definition) is 2. The Balaban J connectivity index is 2.03. The topological polar surface area (TPSA) is 63.3 Å². The number of aliphatic carboxylic acids is 1. The Hall–Kier alpha value is -0.570. The Morgan fingerprint density at radius 1 is 1.62 bits per heavy atom. The first-order valence-corrected chi connectivity index (χ1v) is 5.08. The van der Waals surface area contributed by atoms with Gasteiger partial charge in [-0.05, 0) is 49.5 Å². The minimum Gasteiger partial charge on any atom is -0.481 e. The van der Waals surface area contributed by atoms with Gasteiger partial charge >= 0.3 is 5.97 Å². The van der Waals surface area contributed by atoms with Crippen molar-refractivity contribution in [1.82, 2.24) is 0 Å². The second-order valence-electron chi connectivity index (χ2n) is 4.71. The van der Waals surface area contributed by atoms with Crippen LogP contribution in [0.1, 0.15) is 32.1 Å². The third-order valence-electron chi connectivity index (χ3n) is 4.01. The van der Waals surface area contributed by atoms with Gasteiger partial charge in [0.2, 0.25) is 0 Å². The van der Waals surface area contributed by atoms with Crippen LogP contribution < -0.4 is 5.73 Å². The maximum Gasteiger partial charge on any atom is 0.303 e. The van der Waals surface area contributed by atoms with Gasteiger partial charge in [0, 0.05) is 0 Å². The molecule has 74 valence electrons. The van der Waals surface area contributed by atoms with Gasteiger partial charge in [-0.2, -0.15) is 0 Å². The number of carboxylic acids is 1. The molecule has 0 aromatic heterocycles. The van der Waals surface area contributed by atoms with Crippen molar-refractivity contribution in [2.24, 2.45) is 23.0 Å². The Labute approximate surface area is 78.3 Å². The molecule has 0 heterocycles. The van der Waals surface area contributed by atoms with Crippen molar-refractivity contribution < 1.29 is 9.90 Å². The molecular weight excluding hydrogens is 166 g/mol. The number of carbonyl (C=O) groups is 1. The lowest BCUT2D eigenvalue weighted by molar-refractivity contribution is -0.142. The summed E-state index contributed by atoms with van der Waals surface area (Å²) in [6.45, 7) is 0.734. The van der Waals surface area contributed by atoms with Crippen molar-refractivity contribution in [2.75, 3.05) is 6.54 Å². The summed E-state index contributed by atoms with van der Waals surface area (Å²) in [6, 6.07) is 0. The van der Waals surface area contributed by atoms with Gasteiger partial charge in [0.1, 0.15) is 0 Å². The second kappa shape index (κ2) is 2.98. The van der Waals surface area contributed by atoms with Crippen molar-refractivity contribution in [1.29, 1.82) is 0 Å². The molecule has 2 saturated carbocycles. The minimum atomic E-state index is -0.637. The lowest BCUT2D eigenvalue weighted by Gasteiger charge is -2.44. The molecular formula is C10H17NO2. The highest BCUT2D eigenvalue weighted by Gasteiger charge is 2.53. The first-order chi connectivity index (χ1) is 6.16. The summed E-state index contributed by atoms with van der Waals surface area (Å²) in [5, 5.41) is 8.82. The molecule has 0 aromatic rings. The van der Waals surface area contributed by atoms with Gasteiger partial charge in [-0.15, -0.1) is 0 Å². The number of hydrogen-bond donors (Lipinski definition) is 2. The van der Waals surface area contributed by atoms with E-state index in [0.29, 0.717) is 18.3 Å². The van der Waals surface area contributed by atoms with Crippen molar-refractivity contribution in [3.8, 4) is 0 Å². The van der Waals surface area contributed by atoms with Crippen LogP contribution in [0.25, 0.3) is 0 Å². The summed E-state index contributed by atoms with van der Waals surface area (Å²) in [7, 11) is 0. The molecule has 3 atom stereocenters. The van der Waals surface area contributed by atoms with Crippen LogP contribution in [0.5, 0.6) is 0 Å². The van der Waals surface area contributed by atoms with E-state index >= 15 is 0 Å². The van der Waals surface area contributed by atoms with E-state index in [1.807, 2.05) is 0 Å². The quantitative estimate of drug-likeness (QED) is 0.691. The zero-order valence-corrected chi connectivity index (χ0v) is 7.83. The largest absolute Gasteiger partial charge is 0.481 e. The zero-order valence-electron chi connectivity index (χ0n) is 7.83. The van der Waals surface area contributed by atoms with Gasteiger partial charge in [0.05, 0.1) is 6.42 Å². The first-order valence-electron chi connectivity index (χ1n) is 5.08. The molecule has 2 rings (SSSR count). The monoisotopic (exact) mass is 183 g/mol. The van der Waals surface area contributed by atoms with Crippen molar-refractivity contribution >= 4 is 5.97 Å². The Morgan fingerprint density at radius 2 is 2.38 bits per heavy atom. The van der Waals surface area contributed by atoms with E-state index in [9.17, 15) is 4.79 Å². The van der Waals surface area contributed by atoms with E-state index < -0.39 is 5.97 Å². The maximum absolute atomic E-state index is 10.7. The molecule has 0 aliphatic heterocycles. The van der Waals surface area contributed by atoms with E-state index in [2.05, 4.69) is 0 Å². The summed E-state index contributed by atoms with van der Waals surface area (Å²) in [4.78, 5) is 10.7. The highest BCUT2D eigenvalue weighted by atomic mass is 16.4. The predicted molar refractivity (Wildman–Crippen MR) is 49.2 cm³/mol. The van der Waals surface area contributed by atoms with Crippen LogP contribution in [0.3, 0.4) is 0 Å². The fraction of sp³-hybridized carbons (Fsp3) is 0.900. The molecule has 3 N–H and O–H groups in total. The summed E-state index contributed by atoms with van der Waals surface area (Å²) < 4.78 is 0. The van der Waals surface area contributed by atoms with Crippen LogP contribution in [0, 0.1) is 17.3 Å². The van der Waals surface area contributed by atoms with Crippen molar-refractivity contribution in [3.63, 3.8) is 0 Å². The predicted octanol–water partition coefficient (Wildman–Crippen LogP) is 1.23. The van der Waals surface area contributed by atoms with E-state index in [1.54, 1.807) is 0 Å². The molecule has 13 heavy (non-hydrogen) atoms. The summed E-state index contributed by atoms with van der Waals surface area (Å²) in [5.74, 6) is 0.617. The molecule has 0 radical (unpaired) electrons. The minimum absolute atomic E-state index is 0.149. The van der Waals surface area contributed by atoms with E-state index in [1.165, 1.54) is 12.8 Å². The molecule has 0 spiro atoms. The third kappa shape index (κ3) is 1.35. The Morgan fingerprint density at radius 3 is 2.85 bits per heavy atom. The molecule has 3 heteroatoms. The highest BCUT2D eigenvalue weighted by Crippen LogP contribution is 2.61. The fourth-order valence-electron chi connectivity index (χ4n) is 3.24. The molecule has 2 aliphatic rings. The van der Waals surface area contributed by atoms with Crippen LogP contribution in [0.4, 0.5) is 0 Å². The van der Waals surface area contributed by atoms with Gasteiger partial charge in [-0.25, -0.2) is 0 Å². The molecule has 3 nitrogen and oxygen atoms in total. The van der Waals surface area contributed by atoms with Crippen LogP contribution in [-0.2, 0) is 4.79 Å². The van der Waals surface area contributed by atoms with Crippen LogP contribution in [0.2, 0.25) is 0 Å². The van der Waals surface area contributed by atoms with E-state index in [-0.39, 0.29) is 5.41 Å². The van der Waals surface area contributed by atoms with Gasteiger partial charge in [0.25, 0.3) is 0 Å². The summed E-state index contributed by atoms with van der Waals surface area (Å²) in [5.41, 5.74) is 5.78. The Bertz CT molecular complexity index is 229. The lowest BCUT2D eigenvalue weighted by Crippen LogP contribution is -2.37. The molecule has 2 fully saturated rings. The normalized spacial score (nSPS) is 42.5. The van der Waals surface area contributed by atoms with Gasteiger partial charge in [0.15, 0.2) is 0 Å². The van der Waals surface area contributed by atoms with Crippen LogP contribution in [0.15, 0.2) is 0 Å². The third-order valence-corrected chi connectivity index (χ3v) is 4.01. The zero-order chi connectivity index (χ0) is 9.47. The smallest absolute Gasteiger partial charge is 0.303 e. The van der Waals surface area contributed by atoms with E-state index in [0.717, 1.165) is 19.4 Å². The molecule has 0 aromatic carbocycles. The molecule has 0 bridgehead atoms. The SMILES string of the molecule is NC[C@@H]1C[C@H]2CC[C@@]2(CC(=O)O)C1. The average Bonchev–Trinajstić information content (AvgIpc) is 2.28. The number of rotatable bonds is 3. The average molecular weight is 183 g/mol. The van der Waals surface area contributed by atoms with E-state index in [4.69, 9.17) is 10.8 Å². The number of carboxylic acid groups (broad SMARTS) is 1. The molecule has 2 aliphatic carbocycles. The first kappa shape index (κ1) is 9.00. The van der Waals surface area contributed by atoms with Crippen LogP contribution in [-0.4, -0.2) is 17.6 Å². The van der Waals surface area contributed by atoms with Crippen molar-refractivity contribution in [2.45, 2.75) is 32.1 Å².